The number of benzene rings is 1. The average molecular weight is 484 g/mol. The molecule has 8 N–H and O–H groups in total. The first kappa shape index (κ1) is 30.7. The minimum Gasteiger partial charge on any atom is -0.395 e. The van der Waals surface area contributed by atoms with E-state index in [4.69, 9.17) is 19.6 Å². The maximum atomic E-state index is 10.9. The Morgan fingerprint density at radius 1 is 0.871 bits per heavy atom. The van der Waals surface area contributed by atoms with Crippen LogP contribution in [0.4, 0.5) is 0 Å². The minimum atomic E-state index is -2.61. The molecule has 182 valence electrons. The number of rotatable bonds is 9. The molecule has 0 amide bonds. The Bertz CT molecular complexity index is 642. The lowest BCUT2D eigenvalue weighted by atomic mass is 9.68. The van der Waals surface area contributed by atoms with Crippen LogP contribution in [0.5, 0.6) is 0 Å². The fourth-order valence-corrected chi connectivity index (χ4v) is 4.24. The SMILES string of the molecule is Cc1ccc(C(O)C(CO)(CO)CO)c(C(C)(C)CC(C)(C)C)c1.OP(O)OP(O)O. The predicted molar refractivity (Wildman–Crippen MR) is 121 cm³/mol. The Labute approximate surface area is 187 Å². The Hall–Kier alpha value is -0.280. The molecule has 0 spiro atoms. The van der Waals surface area contributed by atoms with Gasteiger partial charge in [-0.15, -0.1) is 0 Å². The van der Waals surface area contributed by atoms with Crippen LogP contribution in [0, 0.1) is 17.8 Å². The number of aliphatic hydroxyl groups is 4. The van der Waals surface area contributed by atoms with Crippen LogP contribution in [0.15, 0.2) is 18.2 Å². The van der Waals surface area contributed by atoms with E-state index in [1.165, 1.54) is 0 Å². The number of aliphatic hydroxyl groups excluding tert-OH is 4. The van der Waals surface area contributed by atoms with Crippen LogP contribution >= 0.6 is 17.2 Å². The molecule has 11 heteroatoms. The normalized spacial score (nSPS) is 13.9. The Balaban J connectivity index is 0.00000110. The maximum absolute atomic E-state index is 10.9. The Morgan fingerprint density at radius 2 is 1.32 bits per heavy atom. The highest BCUT2D eigenvalue weighted by atomic mass is 31.2. The first-order chi connectivity index (χ1) is 14.0. The molecule has 0 radical (unpaired) electrons. The van der Waals surface area contributed by atoms with E-state index in [0.717, 1.165) is 17.5 Å². The molecule has 0 fully saturated rings. The zero-order valence-electron chi connectivity index (χ0n) is 19.0. The maximum Gasteiger partial charge on any atom is 0.334 e. The van der Waals surface area contributed by atoms with Crippen LogP contribution in [0.1, 0.15) is 63.8 Å². The second-order valence-corrected chi connectivity index (χ2v) is 11.2. The third kappa shape index (κ3) is 10.0. The largest absolute Gasteiger partial charge is 0.395 e. The molecule has 0 saturated carbocycles. The van der Waals surface area contributed by atoms with Crippen LogP contribution in [0.25, 0.3) is 0 Å². The van der Waals surface area contributed by atoms with Crippen LogP contribution < -0.4 is 0 Å². The van der Waals surface area contributed by atoms with Crippen LogP contribution in [-0.2, 0) is 9.73 Å². The molecule has 31 heavy (non-hydrogen) atoms. The van der Waals surface area contributed by atoms with E-state index >= 15 is 0 Å². The smallest absolute Gasteiger partial charge is 0.334 e. The molecule has 1 atom stereocenters. The molecule has 1 rings (SSSR count). The van der Waals surface area contributed by atoms with Gasteiger partial charge >= 0.3 is 17.2 Å². The van der Waals surface area contributed by atoms with Crippen molar-refractivity contribution < 1.29 is 44.3 Å². The van der Waals surface area contributed by atoms with Gasteiger partial charge in [0.25, 0.3) is 0 Å². The molecule has 1 aromatic rings. The summed E-state index contributed by atoms with van der Waals surface area (Å²) in [5.41, 5.74) is 1.29. The van der Waals surface area contributed by atoms with E-state index in [-0.39, 0.29) is 10.8 Å². The zero-order chi connectivity index (χ0) is 24.6. The highest BCUT2D eigenvalue weighted by molar-refractivity contribution is 7.53. The van der Waals surface area contributed by atoms with Gasteiger partial charge in [-0.1, -0.05) is 58.4 Å². The van der Waals surface area contributed by atoms with Crippen LogP contribution in [0.3, 0.4) is 0 Å². The molecule has 0 saturated heterocycles. The minimum absolute atomic E-state index is 0.109. The van der Waals surface area contributed by atoms with Crippen LogP contribution in [0.2, 0.25) is 0 Å². The van der Waals surface area contributed by atoms with Gasteiger partial charge in [0.05, 0.1) is 31.3 Å². The predicted octanol–water partition coefficient (Wildman–Crippen LogP) is 2.13. The molecule has 0 aromatic heterocycles. The van der Waals surface area contributed by atoms with Gasteiger partial charge in [0.2, 0.25) is 0 Å². The summed E-state index contributed by atoms with van der Waals surface area (Å²) in [5.74, 6) is 0. The van der Waals surface area contributed by atoms with Crippen molar-refractivity contribution in [1.29, 1.82) is 0 Å². The van der Waals surface area contributed by atoms with Crippen molar-refractivity contribution in [3.63, 3.8) is 0 Å². The number of hydrogen-bond donors (Lipinski definition) is 8. The quantitative estimate of drug-likeness (QED) is 0.245. The summed E-state index contributed by atoms with van der Waals surface area (Å²) >= 11 is 0. The van der Waals surface area contributed by atoms with Crippen molar-refractivity contribution in [2.24, 2.45) is 10.8 Å². The number of aryl methyl sites for hydroxylation is 1. The fourth-order valence-electron chi connectivity index (χ4n) is 3.72. The standard InChI is InChI=1S/C20H34O4.H4O5P2/c1-14-7-8-15(17(24)20(11-21,12-22)13-23)16(9-14)19(5,6)10-18(2,3)4;1-6(2)5-7(3)4/h7-9,17,21-24H,10-13H2,1-6H3;1-4H. The first-order valence-electron chi connectivity index (χ1n) is 9.71. The molecule has 0 aliphatic carbocycles. The Morgan fingerprint density at radius 3 is 1.65 bits per heavy atom. The van der Waals surface area contributed by atoms with Crippen LogP contribution in [-0.4, -0.2) is 59.8 Å². The molecule has 0 aliphatic heterocycles. The fraction of sp³-hybridized carbons (Fsp3) is 0.700. The average Bonchev–Trinajstić information content (AvgIpc) is 2.61. The topological polar surface area (TPSA) is 171 Å². The lowest BCUT2D eigenvalue weighted by Gasteiger charge is -2.39. The van der Waals surface area contributed by atoms with E-state index in [9.17, 15) is 20.4 Å². The number of hydrogen-bond acceptors (Lipinski definition) is 9. The van der Waals surface area contributed by atoms with Gasteiger partial charge < -0.3 is 40.0 Å². The van der Waals surface area contributed by atoms with Gasteiger partial charge in [0.1, 0.15) is 0 Å². The van der Waals surface area contributed by atoms with Gasteiger partial charge in [-0.25, -0.2) is 4.31 Å². The summed E-state index contributed by atoms with van der Waals surface area (Å²) in [5, 5.41) is 39.9. The second-order valence-electron chi connectivity index (χ2n) is 9.54. The van der Waals surface area contributed by atoms with E-state index in [1.807, 2.05) is 19.1 Å². The van der Waals surface area contributed by atoms with Crippen molar-refractivity contribution >= 4 is 17.2 Å². The van der Waals surface area contributed by atoms with Crippen molar-refractivity contribution in [2.45, 2.75) is 59.5 Å². The van der Waals surface area contributed by atoms with Gasteiger partial charge in [0.15, 0.2) is 0 Å². The Kier molecular flexibility index (Phi) is 12.7. The highest BCUT2D eigenvalue weighted by Crippen LogP contribution is 2.43. The van der Waals surface area contributed by atoms with E-state index in [2.05, 4.69) is 45.0 Å². The van der Waals surface area contributed by atoms with E-state index in [0.29, 0.717) is 5.56 Å². The molecule has 0 aliphatic rings. The lowest BCUT2D eigenvalue weighted by Crippen LogP contribution is -2.41. The summed E-state index contributed by atoms with van der Waals surface area (Å²) < 4.78 is 3.60. The zero-order valence-corrected chi connectivity index (χ0v) is 20.8. The van der Waals surface area contributed by atoms with E-state index in [1.54, 1.807) is 0 Å². The third-order valence-corrected chi connectivity index (χ3v) is 6.04. The van der Waals surface area contributed by atoms with Gasteiger partial charge in [-0.3, -0.25) is 0 Å². The van der Waals surface area contributed by atoms with Crippen molar-refractivity contribution in [3.8, 4) is 0 Å². The summed E-state index contributed by atoms with van der Waals surface area (Å²) in [7, 11) is -5.22. The van der Waals surface area contributed by atoms with E-state index < -0.39 is 48.5 Å². The third-order valence-electron chi connectivity index (χ3n) is 4.88. The summed E-state index contributed by atoms with van der Waals surface area (Å²) in [6.07, 6.45) is -0.236. The first-order valence-corrected chi connectivity index (χ1v) is 12.0. The summed E-state index contributed by atoms with van der Waals surface area (Å²) in [6, 6.07) is 5.81. The molecule has 1 aromatic carbocycles. The molecular formula is C20H38O9P2. The molecule has 1 unspecified atom stereocenters. The van der Waals surface area contributed by atoms with Crippen molar-refractivity contribution in [1.82, 2.24) is 0 Å². The van der Waals surface area contributed by atoms with Crippen molar-refractivity contribution in [3.05, 3.63) is 34.9 Å². The van der Waals surface area contributed by atoms with Gasteiger partial charge in [-0.05, 0) is 35.3 Å². The molecular weight excluding hydrogens is 446 g/mol. The lowest BCUT2D eigenvalue weighted by molar-refractivity contribution is -0.0858. The van der Waals surface area contributed by atoms with Crippen molar-refractivity contribution in [2.75, 3.05) is 19.8 Å². The van der Waals surface area contributed by atoms with Gasteiger partial charge in [-0.2, -0.15) is 0 Å². The monoisotopic (exact) mass is 484 g/mol. The molecule has 0 bridgehead atoms. The van der Waals surface area contributed by atoms with Gasteiger partial charge in [0, 0.05) is 0 Å². The summed E-state index contributed by atoms with van der Waals surface area (Å²) in [6.45, 7) is 11.4. The summed E-state index contributed by atoms with van der Waals surface area (Å²) in [4.78, 5) is 31.3. The highest BCUT2D eigenvalue weighted by Gasteiger charge is 2.40. The molecule has 0 heterocycles. The second kappa shape index (κ2) is 12.8. The molecule has 9 nitrogen and oxygen atoms in total.